The molecule has 6 aromatic rings. The van der Waals surface area contributed by atoms with Crippen molar-refractivity contribution in [3.8, 4) is 32.8 Å². The van der Waals surface area contributed by atoms with Gasteiger partial charge in [0.25, 0.3) is 0 Å². The van der Waals surface area contributed by atoms with Crippen molar-refractivity contribution in [3.63, 3.8) is 0 Å². The van der Waals surface area contributed by atoms with Gasteiger partial charge in [-0.25, -0.2) is 0 Å². The van der Waals surface area contributed by atoms with Gasteiger partial charge in [-0.1, -0.05) is 98.8 Å². The van der Waals surface area contributed by atoms with E-state index in [1.165, 1.54) is 54.4 Å². The third-order valence-corrected chi connectivity index (χ3v) is 10.9. The van der Waals surface area contributed by atoms with E-state index in [2.05, 4.69) is 83.8 Å². The molecular formula is C43H43IrN2O2S-. The van der Waals surface area contributed by atoms with Crippen molar-refractivity contribution < 1.29 is 30.0 Å². The number of ketones is 1. The first-order valence-electron chi connectivity index (χ1n) is 17.3. The molecule has 1 aliphatic rings. The Bertz CT molecular complexity index is 2080. The van der Waals surface area contributed by atoms with Crippen LogP contribution in [0.5, 0.6) is 0 Å². The fourth-order valence-corrected chi connectivity index (χ4v) is 8.14. The Morgan fingerprint density at radius 3 is 2.29 bits per heavy atom. The minimum Gasteiger partial charge on any atom is -0.512 e. The van der Waals surface area contributed by atoms with Crippen LogP contribution in [0.25, 0.3) is 53.7 Å². The number of nitrogens with zero attached hydrogens (tertiary/aromatic N) is 2. The number of rotatable bonds is 9. The summed E-state index contributed by atoms with van der Waals surface area (Å²) in [6.07, 6.45) is 10.7. The second-order valence-electron chi connectivity index (χ2n) is 12.4. The largest absolute Gasteiger partial charge is 0.512 e. The number of allylic oxidation sites excluding steroid dienone is 2. The SMILES string of the molecule is CCC(CC)C(=O)/C=C(\O)C(CC)CC.[Ir].[c-]1c(-c2nccc3sc4c(c23)CCc2ncccc2-4)cc(-c2ccccc2)c2ccccc12. The second kappa shape index (κ2) is 16.6. The fourth-order valence-electron chi connectivity index (χ4n) is 6.85. The molecule has 0 bridgehead atoms. The van der Waals surface area contributed by atoms with E-state index in [1.54, 1.807) is 0 Å². The first kappa shape index (κ1) is 36.3. The summed E-state index contributed by atoms with van der Waals surface area (Å²) < 4.78 is 1.28. The maximum Gasteiger partial charge on any atom is 0.162 e. The van der Waals surface area contributed by atoms with Gasteiger partial charge in [0.1, 0.15) is 0 Å². The molecule has 1 radical (unpaired) electrons. The minimum atomic E-state index is 0. The number of fused-ring (bicyclic) bond motifs is 6. The van der Waals surface area contributed by atoms with E-state index in [0.717, 1.165) is 55.2 Å². The molecule has 0 saturated carbocycles. The Morgan fingerprint density at radius 2 is 1.55 bits per heavy atom. The van der Waals surface area contributed by atoms with Crippen LogP contribution in [0.15, 0.2) is 103 Å². The molecule has 0 aliphatic heterocycles. The topological polar surface area (TPSA) is 63.1 Å². The smallest absolute Gasteiger partial charge is 0.162 e. The summed E-state index contributed by atoms with van der Waals surface area (Å²) in [4.78, 5) is 22.6. The van der Waals surface area contributed by atoms with E-state index >= 15 is 0 Å². The van der Waals surface area contributed by atoms with Crippen LogP contribution in [0.3, 0.4) is 0 Å². The average molecular weight is 844 g/mol. The van der Waals surface area contributed by atoms with Gasteiger partial charge in [0.15, 0.2) is 5.78 Å². The monoisotopic (exact) mass is 844 g/mol. The van der Waals surface area contributed by atoms with Crippen LogP contribution in [-0.4, -0.2) is 20.9 Å². The Balaban J connectivity index is 0.000000252. The number of hydrogen-bond donors (Lipinski definition) is 1. The van der Waals surface area contributed by atoms with Crippen LogP contribution in [0.2, 0.25) is 0 Å². The zero-order chi connectivity index (χ0) is 33.6. The minimum absolute atomic E-state index is 0. The van der Waals surface area contributed by atoms with E-state index < -0.39 is 0 Å². The van der Waals surface area contributed by atoms with E-state index in [-0.39, 0.29) is 43.5 Å². The Morgan fingerprint density at radius 1 is 0.837 bits per heavy atom. The molecule has 3 aromatic heterocycles. The number of aryl methyl sites for hydroxylation is 2. The number of carbonyl (C=O) groups is 1. The molecule has 3 aromatic carbocycles. The number of carbonyl (C=O) groups excluding carboxylic acids is 1. The van der Waals surface area contributed by atoms with Gasteiger partial charge in [0.2, 0.25) is 0 Å². The molecule has 253 valence electrons. The van der Waals surface area contributed by atoms with Crippen molar-refractivity contribution in [1.82, 2.24) is 9.97 Å². The second-order valence-corrected chi connectivity index (χ2v) is 13.5. The molecule has 0 unspecified atom stereocenters. The molecule has 7 rings (SSSR count). The summed E-state index contributed by atoms with van der Waals surface area (Å²) in [6.45, 7) is 8.07. The van der Waals surface area contributed by atoms with Crippen LogP contribution >= 0.6 is 11.3 Å². The number of benzene rings is 3. The summed E-state index contributed by atoms with van der Waals surface area (Å²) in [7, 11) is 0. The number of hydrogen-bond acceptors (Lipinski definition) is 5. The molecule has 49 heavy (non-hydrogen) atoms. The van der Waals surface area contributed by atoms with Crippen molar-refractivity contribution in [2.45, 2.75) is 66.2 Å². The van der Waals surface area contributed by atoms with Crippen LogP contribution in [0, 0.1) is 17.9 Å². The van der Waals surface area contributed by atoms with E-state index in [9.17, 15) is 9.90 Å². The fraction of sp³-hybridized carbons (Fsp3) is 0.279. The van der Waals surface area contributed by atoms with Crippen molar-refractivity contribution in [1.29, 1.82) is 0 Å². The van der Waals surface area contributed by atoms with E-state index in [0.29, 0.717) is 0 Å². The van der Waals surface area contributed by atoms with E-state index in [4.69, 9.17) is 4.98 Å². The maximum absolute atomic E-state index is 11.7. The molecule has 4 nitrogen and oxygen atoms in total. The Hall–Kier alpha value is -3.96. The maximum atomic E-state index is 11.7. The van der Waals surface area contributed by atoms with Crippen molar-refractivity contribution >= 4 is 38.0 Å². The number of aromatic nitrogens is 2. The van der Waals surface area contributed by atoms with Crippen LogP contribution in [0.1, 0.15) is 64.6 Å². The van der Waals surface area contributed by atoms with Gasteiger partial charge in [-0.3, -0.25) is 14.8 Å². The molecule has 0 saturated heterocycles. The van der Waals surface area contributed by atoms with Crippen LogP contribution in [0.4, 0.5) is 0 Å². The first-order chi connectivity index (χ1) is 23.5. The van der Waals surface area contributed by atoms with Crippen molar-refractivity contribution in [3.05, 3.63) is 120 Å². The average Bonchev–Trinajstić information content (AvgIpc) is 3.52. The van der Waals surface area contributed by atoms with Crippen LogP contribution in [-0.2, 0) is 37.7 Å². The number of aliphatic hydroxyl groups is 1. The van der Waals surface area contributed by atoms with Crippen molar-refractivity contribution in [2.75, 3.05) is 0 Å². The molecule has 1 aliphatic carbocycles. The normalized spacial score (nSPS) is 12.3. The molecular weight excluding hydrogens is 801 g/mol. The molecule has 6 heteroatoms. The van der Waals surface area contributed by atoms with Crippen LogP contribution < -0.4 is 0 Å². The molecule has 0 amide bonds. The quantitative estimate of drug-likeness (QED) is 0.0895. The summed E-state index contributed by atoms with van der Waals surface area (Å²) in [5.74, 6) is 0.547. The predicted octanol–water partition coefficient (Wildman–Crippen LogP) is 11.6. The molecule has 0 spiro atoms. The van der Waals surface area contributed by atoms with Gasteiger partial charge >= 0.3 is 0 Å². The van der Waals surface area contributed by atoms with Gasteiger partial charge in [-0.2, -0.15) is 0 Å². The van der Waals surface area contributed by atoms with Gasteiger partial charge in [-0.15, -0.1) is 34.9 Å². The summed E-state index contributed by atoms with van der Waals surface area (Å²) in [6, 6.07) is 31.5. The standard InChI is InChI=1S/C30H19N2S.C13H24O2.Ir/c1-2-7-19(8-3-1)25-18-21(17-20-9-4-5-10-22(20)25)29-28-24-12-13-26-23(11-6-15-31-26)30(24)33-27(28)14-16-32-29;1-5-10(6-2)12(14)9-13(15)11(7-3)8-4;/h1-11,14-16,18H,12-13H2;9-11,14H,5-8H2,1-4H3;/q-1;;/b;12-9-;. The number of thiophene rings is 1. The number of aliphatic hydroxyl groups excluding tert-OH is 1. The summed E-state index contributed by atoms with van der Waals surface area (Å²) in [5.41, 5.74) is 8.39. The van der Waals surface area contributed by atoms with Crippen molar-refractivity contribution in [2.24, 2.45) is 11.8 Å². The van der Waals surface area contributed by atoms with Gasteiger partial charge in [0.05, 0.1) is 5.76 Å². The first-order valence-corrected chi connectivity index (χ1v) is 18.1. The molecule has 1 N–H and O–H groups in total. The molecule has 0 fully saturated rings. The zero-order valence-electron chi connectivity index (χ0n) is 28.6. The summed E-state index contributed by atoms with van der Waals surface area (Å²) >= 11 is 1.86. The van der Waals surface area contributed by atoms with Gasteiger partial charge in [-0.05, 0) is 67.2 Å². The number of pyridine rings is 2. The molecule has 3 heterocycles. The predicted molar refractivity (Wildman–Crippen MR) is 201 cm³/mol. The zero-order valence-corrected chi connectivity index (χ0v) is 31.8. The third-order valence-electron chi connectivity index (χ3n) is 9.64. The molecule has 0 atom stereocenters. The Kier molecular flexibility index (Phi) is 12.3. The summed E-state index contributed by atoms with van der Waals surface area (Å²) in [5, 5.41) is 13.4. The van der Waals surface area contributed by atoms with Gasteiger partial charge < -0.3 is 5.11 Å². The Labute approximate surface area is 307 Å². The third kappa shape index (κ3) is 7.62. The van der Waals surface area contributed by atoms with E-state index in [1.807, 2.05) is 57.5 Å². The van der Waals surface area contributed by atoms with Gasteiger partial charge in [0, 0.05) is 76.9 Å².